The lowest BCUT2D eigenvalue weighted by Crippen LogP contribution is -2.18. The molecule has 0 heterocycles. The normalized spacial score (nSPS) is 13.0. The number of hydrogen-bond acceptors (Lipinski definition) is 2. The Bertz CT molecular complexity index is 643. The van der Waals surface area contributed by atoms with Crippen molar-refractivity contribution >= 4 is 11.6 Å². The maximum absolute atomic E-state index is 12.2. The van der Waals surface area contributed by atoms with Gasteiger partial charge in [0.15, 0.2) is 0 Å². The molecule has 0 saturated heterocycles. The summed E-state index contributed by atoms with van der Waals surface area (Å²) in [6.45, 7) is 1.84. The average molecular weight is 316 g/mol. The molecule has 112 valence electrons. The molecule has 1 unspecified atom stereocenters. The Balaban J connectivity index is 2.28. The molecule has 0 aliphatic carbocycles. The van der Waals surface area contributed by atoms with Crippen LogP contribution in [0.3, 0.4) is 0 Å². The van der Waals surface area contributed by atoms with E-state index in [0.717, 1.165) is 11.1 Å². The van der Waals surface area contributed by atoms with Gasteiger partial charge in [-0.3, -0.25) is 0 Å². The van der Waals surface area contributed by atoms with Crippen molar-refractivity contribution in [1.82, 2.24) is 0 Å². The summed E-state index contributed by atoms with van der Waals surface area (Å²) in [7, 11) is 0. The lowest BCUT2D eigenvalue weighted by atomic mass is 9.98. The Labute approximate surface area is 125 Å². The Morgan fingerprint density at radius 1 is 1.10 bits per heavy atom. The quantitative estimate of drug-likeness (QED) is 0.898. The summed E-state index contributed by atoms with van der Waals surface area (Å²) in [6, 6.07) is 10.3. The molecule has 2 aromatic rings. The lowest BCUT2D eigenvalue weighted by Gasteiger charge is -2.15. The molecule has 0 spiro atoms. The Hall–Kier alpha value is -1.72. The molecule has 0 amide bonds. The van der Waals surface area contributed by atoms with Crippen molar-refractivity contribution in [2.24, 2.45) is 5.73 Å². The highest BCUT2D eigenvalue weighted by atomic mass is 35.5. The third-order valence-corrected chi connectivity index (χ3v) is 3.42. The highest BCUT2D eigenvalue weighted by Crippen LogP contribution is 2.28. The molecule has 2 N–H and O–H groups in total. The Kier molecular flexibility index (Phi) is 4.44. The fourth-order valence-corrected chi connectivity index (χ4v) is 2.08. The SMILES string of the molecule is Cc1cc(C(N)c2cccc(OC(F)(F)F)c2)ccc1Cl. The fourth-order valence-electron chi connectivity index (χ4n) is 1.96. The first kappa shape index (κ1) is 15.7. The van der Waals surface area contributed by atoms with Gasteiger partial charge in [-0.15, -0.1) is 13.2 Å². The van der Waals surface area contributed by atoms with E-state index in [0.29, 0.717) is 10.6 Å². The van der Waals surface area contributed by atoms with Crippen LogP contribution < -0.4 is 10.5 Å². The van der Waals surface area contributed by atoms with Gasteiger partial charge in [0.25, 0.3) is 0 Å². The Morgan fingerprint density at radius 2 is 1.76 bits per heavy atom. The molecular formula is C15H13ClF3NO. The monoisotopic (exact) mass is 315 g/mol. The third-order valence-electron chi connectivity index (χ3n) is 2.99. The first-order chi connectivity index (χ1) is 9.76. The number of rotatable bonds is 3. The maximum atomic E-state index is 12.2. The van der Waals surface area contributed by atoms with Gasteiger partial charge in [-0.1, -0.05) is 35.9 Å². The van der Waals surface area contributed by atoms with Gasteiger partial charge in [-0.05, 0) is 41.8 Å². The summed E-state index contributed by atoms with van der Waals surface area (Å²) < 4.78 is 40.6. The smallest absolute Gasteiger partial charge is 0.406 e. The van der Waals surface area contributed by atoms with Gasteiger partial charge < -0.3 is 10.5 Å². The second-order valence-corrected chi connectivity index (χ2v) is 5.01. The highest BCUT2D eigenvalue weighted by Gasteiger charge is 2.31. The minimum Gasteiger partial charge on any atom is -0.406 e. The number of halogens is 4. The highest BCUT2D eigenvalue weighted by molar-refractivity contribution is 6.31. The van der Waals surface area contributed by atoms with E-state index in [9.17, 15) is 13.2 Å². The van der Waals surface area contributed by atoms with E-state index in [1.54, 1.807) is 18.2 Å². The predicted octanol–water partition coefficient (Wildman–Crippen LogP) is 4.60. The van der Waals surface area contributed by atoms with Gasteiger partial charge in [-0.2, -0.15) is 0 Å². The molecule has 0 saturated carbocycles. The Morgan fingerprint density at radius 3 is 2.38 bits per heavy atom. The van der Waals surface area contributed by atoms with E-state index in [1.807, 2.05) is 13.0 Å². The standard InChI is InChI=1S/C15H13ClF3NO/c1-9-7-11(5-6-13(9)16)14(20)10-3-2-4-12(8-10)21-15(17,18)19/h2-8,14H,20H2,1H3. The maximum Gasteiger partial charge on any atom is 0.573 e. The molecule has 2 rings (SSSR count). The number of hydrogen-bond donors (Lipinski definition) is 1. The van der Waals surface area contributed by atoms with E-state index in [4.69, 9.17) is 17.3 Å². The molecule has 21 heavy (non-hydrogen) atoms. The zero-order chi connectivity index (χ0) is 15.6. The van der Waals surface area contributed by atoms with E-state index in [1.165, 1.54) is 18.2 Å². The molecule has 6 heteroatoms. The number of ether oxygens (including phenoxy) is 1. The van der Waals surface area contributed by atoms with Crippen molar-refractivity contribution in [3.8, 4) is 5.75 Å². The van der Waals surface area contributed by atoms with E-state index < -0.39 is 12.4 Å². The molecule has 0 fully saturated rings. The summed E-state index contributed by atoms with van der Waals surface area (Å²) in [5.41, 5.74) is 8.23. The molecule has 0 aliphatic heterocycles. The number of alkyl halides is 3. The molecule has 1 atom stereocenters. The summed E-state index contributed by atoms with van der Waals surface area (Å²) in [6.07, 6.45) is -4.72. The van der Waals surface area contributed by atoms with Crippen LogP contribution in [0.25, 0.3) is 0 Å². The van der Waals surface area contributed by atoms with Crippen LogP contribution in [0.15, 0.2) is 42.5 Å². The number of aryl methyl sites for hydroxylation is 1. The largest absolute Gasteiger partial charge is 0.573 e. The van der Waals surface area contributed by atoms with Crippen LogP contribution in [0.1, 0.15) is 22.7 Å². The van der Waals surface area contributed by atoms with Crippen molar-refractivity contribution in [2.75, 3.05) is 0 Å². The molecule has 2 nitrogen and oxygen atoms in total. The number of nitrogens with two attached hydrogens (primary N) is 1. The van der Waals surface area contributed by atoms with Gasteiger partial charge in [0.05, 0.1) is 6.04 Å². The molecule has 0 radical (unpaired) electrons. The van der Waals surface area contributed by atoms with Gasteiger partial charge in [0.2, 0.25) is 0 Å². The first-order valence-electron chi connectivity index (χ1n) is 6.13. The third kappa shape index (κ3) is 4.12. The molecule has 2 aromatic carbocycles. The zero-order valence-electron chi connectivity index (χ0n) is 11.1. The van der Waals surface area contributed by atoms with Crippen molar-refractivity contribution in [3.63, 3.8) is 0 Å². The minimum absolute atomic E-state index is 0.291. The molecule has 0 aliphatic rings. The van der Waals surface area contributed by atoms with E-state index >= 15 is 0 Å². The lowest BCUT2D eigenvalue weighted by molar-refractivity contribution is -0.274. The van der Waals surface area contributed by atoms with Gasteiger partial charge >= 0.3 is 6.36 Å². The van der Waals surface area contributed by atoms with E-state index in [-0.39, 0.29) is 5.75 Å². The van der Waals surface area contributed by atoms with Crippen LogP contribution in [-0.2, 0) is 0 Å². The first-order valence-corrected chi connectivity index (χ1v) is 6.51. The van der Waals surface area contributed by atoms with Crippen LogP contribution >= 0.6 is 11.6 Å². The fraction of sp³-hybridized carbons (Fsp3) is 0.200. The van der Waals surface area contributed by atoms with Crippen LogP contribution in [-0.4, -0.2) is 6.36 Å². The van der Waals surface area contributed by atoms with Crippen molar-refractivity contribution in [1.29, 1.82) is 0 Å². The summed E-state index contributed by atoms with van der Waals surface area (Å²) in [4.78, 5) is 0. The van der Waals surface area contributed by atoms with Crippen molar-refractivity contribution in [3.05, 3.63) is 64.2 Å². The van der Waals surface area contributed by atoms with Crippen molar-refractivity contribution < 1.29 is 17.9 Å². The van der Waals surface area contributed by atoms with E-state index in [2.05, 4.69) is 4.74 Å². The van der Waals surface area contributed by atoms with Gasteiger partial charge in [0, 0.05) is 5.02 Å². The topological polar surface area (TPSA) is 35.2 Å². The van der Waals surface area contributed by atoms with Crippen LogP contribution in [0.2, 0.25) is 5.02 Å². The molecule has 0 aromatic heterocycles. The molecular weight excluding hydrogens is 303 g/mol. The summed E-state index contributed by atoms with van der Waals surface area (Å²) >= 11 is 5.94. The predicted molar refractivity (Wildman–Crippen MR) is 75.3 cm³/mol. The average Bonchev–Trinajstić information content (AvgIpc) is 2.39. The van der Waals surface area contributed by atoms with Gasteiger partial charge in [0.1, 0.15) is 5.75 Å². The van der Waals surface area contributed by atoms with Gasteiger partial charge in [-0.25, -0.2) is 0 Å². The second kappa shape index (κ2) is 5.95. The van der Waals surface area contributed by atoms with Crippen LogP contribution in [0.5, 0.6) is 5.75 Å². The summed E-state index contributed by atoms with van der Waals surface area (Å²) in [5.74, 6) is -0.291. The number of benzene rings is 2. The summed E-state index contributed by atoms with van der Waals surface area (Å²) in [5, 5.41) is 0.611. The van der Waals surface area contributed by atoms with Crippen molar-refractivity contribution in [2.45, 2.75) is 19.3 Å². The second-order valence-electron chi connectivity index (χ2n) is 4.61. The van der Waals surface area contributed by atoms with Crippen LogP contribution in [0, 0.1) is 6.92 Å². The molecule has 0 bridgehead atoms. The minimum atomic E-state index is -4.72. The van der Waals surface area contributed by atoms with Crippen LogP contribution in [0.4, 0.5) is 13.2 Å². The zero-order valence-corrected chi connectivity index (χ0v) is 11.9.